The van der Waals surface area contributed by atoms with Crippen molar-refractivity contribution in [3.05, 3.63) is 23.2 Å². The lowest BCUT2D eigenvalue weighted by molar-refractivity contribution is 0.846. The Bertz CT molecular complexity index is 442. The number of likely N-dealkylation sites (N-methyl/N-ethyl adjacent to an activating group) is 1. The third kappa shape index (κ3) is 2.34. The largest absolute Gasteiger partial charge is 0.343 e. The summed E-state index contributed by atoms with van der Waals surface area (Å²) >= 11 is 1.55. The Morgan fingerprint density at radius 1 is 1.38 bits per heavy atom. The third-order valence-electron chi connectivity index (χ3n) is 2.14. The first kappa shape index (κ1) is 11.0. The summed E-state index contributed by atoms with van der Waals surface area (Å²) in [7, 11) is 1.92. The van der Waals surface area contributed by atoms with Gasteiger partial charge >= 0.3 is 0 Å². The van der Waals surface area contributed by atoms with Crippen LogP contribution >= 0.6 is 11.3 Å². The summed E-state index contributed by atoms with van der Waals surface area (Å²) < 4.78 is 0. The average molecular weight is 235 g/mol. The summed E-state index contributed by atoms with van der Waals surface area (Å²) in [5, 5.41) is 1.97. The number of thiazole rings is 1. The van der Waals surface area contributed by atoms with Gasteiger partial charge in [0.1, 0.15) is 0 Å². The summed E-state index contributed by atoms with van der Waals surface area (Å²) in [6.07, 6.45) is 1.74. The van der Waals surface area contributed by atoms with E-state index in [9.17, 15) is 0 Å². The summed E-state index contributed by atoms with van der Waals surface area (Å²) in [4.78, 5) is 14.8. The van der Waals surface area contributed by atoms with Crippen molar-refractivity contribution in [1.29, 1.82) is 0 Å². The van der Waals surface area contributed by atoms with Crippen LogP contribution in [0.5, 0.6) is 0 Å². The van der Waals surface area contributed by atoms with Crippen LogP contribution in [0.2, 0.25) is 0 Å². The second kappa shape index (κ2) is 5.00. The molecule has 0 atom stereocenters. The lowest BCUT2D eigenvalue weighted by Crippen LogP contribution is -2.26. The Labute approximate surface area is 98.0 Å². The topological polar surface area (TPSA) is 67.9 Å². The van der Waals surface area contributed by atoms with Crippen molar-refractivity contribution in [2.24, 2.45) is 5.73 Å². The fourth-order valence-corrected chi connectivity index (χ4v) is 1.85. The Morgan fingerprint density at radius 3 is 2.94 bits per heavy atom. The SMILES string of the molecule is CN(CCN)c1nccc(-c2cscn2)n1. The van der Waals surface area contributed by atoms with Crippen molar-refractivity contribution in [2.45, 2.75) is 0 Å². The zero-order valence-electron chi connectivity index (χ0n) is 9.00. The maximum atomic E-state index is 5.49. The molecule has 84 valence electrons. The molecule has 0 bridgehead atoms. The van der Waals surface area contributed by atoms with E-state index in [1.807, 2.05) is 23.4 Å². The zero-order chi connectivity index (χ0) is 11.4. The summed E-state index contributed by atoms with van der Waals surface area (Å²) in [6, 6.07) is 1.86. The molecule has 0 fully saturated rings. The minimum absolute atomic E-state index is 0.584. The highest BCUT2D eigenvalue weighted by Crippen LogP contribution is 2.17. The summed E-state index contributed by atoms with van der Waals surface area (Å²) in [6.45, 7) is 1.32. The lowest BCUT2D eigenvalue weighted by Gasteiger charge is -2.15. The molecule has 6 heteroatoms. The fourth-order valence-electron chi connectivity index (χ4n) is 1.31. The number of nitrogens with two attached hydrogens (primary N) is 1. The first-order valence-electron chi connectivity index (χ1n) is 4.94. The molecule has 0 saturated carbocycles. The first-order chi connectivity index (χ1) is 7.81. The van der Waals surface area contributed by atoms with Crippen LogP contribution in [0.25, 0.3) is 11.4 Å². The van der Waals surface area contributed by atoms with Gasteiger partial charge < -0.3 is 10.6 Å². The van der Waals surface area contributed by atoms with Crippen LogP contribution in [0.4, 0.5) is 5.95 Å². The van der Waals surface area contributed by atoms with Gasteiger partial charge in [0.2, 0.25) is 5.95 Å². The van der Waals surface area contributed by atoms with Crippen LogP contribution in [0.1, 0.15) is 0 Å². The molecule has 0 aliphatic carbocycles. The minimum Gasteiger partial charge on any atom is -0.343 e. The van der Waals surface area contributed by atoms with Gasteiger partial charge in [-0.05, 0) is 6.07 Å². The number of hydrogen-bond donors (Lipinski definition) is 1. The molecule has 2 N–H and O–H groups in total. The van der Waals surface area contributed by atoms with Crippen LogP contribution < -0.4 is 10.6 Å². The number of rotatable bonds is 4. The molecule has 0 amide bonds. The minimum atomic E-state index is 0.584. The van der Waals surface area contributed by atoms with Crippen molar-refractivity contribution in [3.8, 4) is 11.4 Å². The Balaban J connectivity index is 2.26. The van der Waals surface area contributed by atoms with Crippen molar-refractivity contribution >= 4 is 17.3 Å². The molecule has 2 aromatic heterocycles. The average Bonchev–Trinajstić information content (AvgIpc) is 2.83. The van der Waals surface area contributed by atoms with Crippen molar-refractivity contribution < 1.29 is 0 Å². The second-order valence-electron chi connectivity index (χ2n) is 3.33. The van der Waals surface area contributed by atoms with E-state index in [0.29, 0.717) is 12.5 Å². The van der Waals surface area contributed by atoms with Gasteiger partial charge in [0.05, 0.1) is 16.9 Å². The van der Waals surface area contributed by atoms with Crippen molar-refractivity contribution in [1.82, 2.24) is 15.0 Å². The van der Waals surface area contributed by atoms with Crippen molar-refractivity contribution in [3.63, 3.8) is 0 Å². The van der Waals surface area contributed by atoms with Gasteiger partial charge in [0, 0.05) is 31.7 Å². The predicted molar refractivity (Wildman–Crippen MR) is 65.5 cm³/mol. The Morgan fingerprint density at radius 2 is 2.25 bits per heavy atom. The molecule has 5 nitrogen and oxygen atoms in total. The molecule has 0 aliphatic heterocycles. The first-order valence-corrected chi connectivity index (χ1v) is 5.88. The second-order valence-corrected chi connectivity index (χ2v) is 4.04. The van der Waals surface area contributed by atoms with E-state index in [0.717, 1.165) is 17.9 Å². The standard InChI is InChI=1S/C10H13N5S/c1-15(5-3-11)10-12-4-2-8(14-10)9-6-16-7-13-9/h2,4,6-7H,3,5,11H2,1H3. The summed E-state index contributed by atoms with van der Waals surface area (Å²) in [5.74, 6) is 0.677. The highest BCUT2D eigenvalue weighted by atomic mass is 32.1. The van der Waals surface area contributed by atoms with E-state index in [-0.39, 0.29) is 0 Å². The van der Waals surface area contributed by atoms with Gasteiger partial charge in [0.15, 0.2) is 0 Å². The molecule has 0 radical (unpaired) electrons. The van der Waals surface area contributed by atoms with Crippen LogP contribution in [-0.2, 0) is 0 Å². The van der Waals surface area contributed by atoms with Gasteiger partial charge in [-0.3, -0.25) is 0 Å². The smallest absolute Gasteiger partial charge is 0.225 e. The van der Waals surface area contributed by atoms with Gasteiger partial charge in [-0.2, -0.15) is 0 Å². The molecule has 16 heavy (non-hydrogen) atoms. The Kier molecular flexibility index (Phi) is 3.43. The van der Waals surface area contributed by atoms with Gasteiger partial charge in [-0.1, -0.05) is 0 Å². The van der Waals surface area contributed by atoms with Gasteiger partial charge in [-0.25, -0.2) is 15.0 Å². The third-order valence-corrected chi connectivity index (χ3v) is 2.73. The lowest BCUT2D eigenvalue weighted by atomic mass is 10.3. The van der Waals surface area contributed by atoms with Crippen LogP contribution in [-0.4, -0.2) is 35.1 Å². The van der Waals surface area contributed by atoms with Crippen LogP contribution in [0.3, 0.4) is 0 Å². The molecule has 0 unspecified atom stereocenters. The normalized spacial score (nSPS) is 10.4. The number of aromatic nitrogens is 3. The molecule has 0 spiro atoms. The van der Waals surface area contributed by atoms with E-state index in [4.69, 9.17) is 5.73 Å². The molecule has 2 rings (SSSR count). The van der Waals surface area contributed by atoms with E-state index >= 15 is 0 Å². The number of anilines is 1. The van der Waals surface area contributed by atoms with Gasteiger partial charge in [-0.15, -0.1) is 11.3 Å². The van der Waals surface area contributed by atoms with E-state index < -0.39 is 0 Å². The van der Waals surface area contributed by atoms with Crippen LogP contribution in [0.15, 0.2) is 23.2 Å². The van der Waals surface area contributed by atoms with E-state index in [1.54, 1.807) is 23.0 Å². The number of nitrogens with zero attached hydrogens (tertiary/aromatic N) is 4. The molecular formula is C10H13N5S. The van der Waals surface area contributed by atoms with E-state index in [2.05, 4.69) is 15.0 Å². The quantitative estimate of drug-likeness (QED) is 0.856. The molecule has 0 aromatic carbocycles. The fraction of sp³-hybridized carbons (Fsp3) is 0.300. The highest BCUT2D eigenvalue weighted by molar-refractivity contribution is 7.07. The highest BCUT2D eigenvalue weighted by Gasteiger charge is 2.06. The molecule has 2 aromatic rings. The molecule has 2 heterocycles. The predicted octanol–water partition coefficient (Wildman–Crippen LogP) is 0.995. The number of hydrogen-bond acceptors (Lipinski definition) is 6. The van der Waals surface area contributed by atoms with Gasteiger partial charge in [0.25, 0.3) is 0 Å². The molecular weight excluding hydrogens is 222 g/mol. The van der Waals surface area contributed by atoms with Crippen LogP contribution in [0, 0.1) is 0 Å². The Hall–Kier alpha value is -1.53. The van der Waals surface area contributed by atoms with Crippen molar-refractivity contribution in [2.75, 3.05) is 25.0 Å². The molecule has 0 aliphatic rings. The monoisotopic (exact) mass is 235 g/mol. The maximum absolute atomic E-state index is 5.49. The molecule has 0 saturated heterocycles. The zero-order valence-corrected chi connectivity index (χ0v) is 9.81. The van der Waals surface area contributed by atoms with E-state index in [1.165, 1.54) is 0 Å². The maximum Gasteiger partial charge on any atom is 0.225 e. The summed E-state index contributed by atoms with van der Waals surface area (Å²) in [5.41, 5.74) is 9.01.